The molecule has 0 saturated carbocycles. The summed E-state index contributed by atoms with van der Waals surface area (Å²) in [7, 11) is 3.39. The van der Waals surface area contributed by atoms with Crippen LogP contribution in [0.25, 0.3) is 0 Å². The van der Waals surface area contributed by atoms with Gasteiger partial charge in [0.2, 0.25) is 0 Å². The molecule has 1 heterocycles. The Labute approximate surface area is 198 Å². The van der Waals surface area contributed by atoms with Crippen molar-refractivity contribution < 1.29 is 9.47 Å². The van der Waals surface area contributed by atoms with Crippen LogP contribution in [0.2, 0.25) is 0 Å². The summed E-state index contributed by atoms with van der Waals surface area (Å²) in [5.41, 5.74) is 5.28. The fraction of sp³-hybridized carbons (Fsp3) is 0.500. The maximum Gasteiger partial charge on any atom is 0.166 e. The molecule has 32 heavy (non-hydrogen) atoms. The van der Waals surface area contributed by atoms with Crippen LogP contribution in [0.15, 0.2) is 36.4 Å². The molecule has 6 heteroatoms. The second kappa shape index (κ2) is 11.0. The van der Waals surface area contributed by atoms with E-state index in [1.54, 1.807) is 14.2 Å². The SMILES string of the molecule is CCC(NC(=S)NC(C)C)C1c2cc(OC)c(OC)cc2CCN1Cc1ccccc1C. The molecule has 3 rings (SSSR count). The molecule has 2 unspecified atom stereocenters. The monoisotopic (exact) mass is 455 g/mol. The zero-order chi connectivity index (χ0) is 23.3. The molecule has 0 spiro atoms. The van der Waals surface area contributed by atoms with Gasteiger partial charge >= 0.3 is 0 Å². The van der Waals surface area contributed by atoms with Gasteiger partial charge < -0.3 is 20.1 Å². The largest absolute Gasteiger partial charge is 0.493 e. The molecule has 2 atom stereocenters. The normalized spacial score (nSPS) is 16.9. The van der Waals surface area contributed by atoms with Crippen LogP contribution in [0.5, 0.6) is 11.5 Å². The Morgan fingerprint density at radius 3 is 2.44 bits per heavy atom. The number of fused-ring (bicyclic) bond motifs is 1. The minimum absolute atomic E-state index is 0.162. The van der Waals surface area contributed by atoms with Gasteiger partial charge in [-0.3, -0.25) is 4.90 Å². The molecule has 5 nitrogen and oxygen atoms in total. The first-order chi connectivity index (χ1) is 15.4. The van der Waals surface area contributed by atoms with Gasteiger partial charge in [0.05, 0.1) is 20.3 Å². The summed E-state index contributed by atoms with van der Waals surface area (Å²) in [5.74, 6) is 1.56. The molecule has 1 aliphatic heterocycles. The molecule has 0 aromatic heterocycles. The van der Waals surface area contributed by atoms with E-state index in [-0.39, 0.29) is 12.1 Å². The molecule has 1 aliphatic rings. The van der Waals surface area contributed by atoms with Crippen molar-refractivity contribution >= 4 is 17.3 Å². The fourth-order valence-electron chi connectivity index (χ4n) is 4.56. The van der Waals surface area contributed by atoms with E-state index in [1.807, 2.05) is 0 Å². The van der Waals surface area contributed by atoms with Crippen LogP contribution in [0, 0.1) is 6.92 Å². The van der Waals surface area contributed by atoms with Crippen molar-refractivity contribution in [2.45, 2.75) is 65.2 Å². The van der Waals surface area contributed by atoms with Crippen LogP contribution < -0.4 is 20.1 Å². The van der Waals surface area contributed by atoms with E-state index in [0.29, 0.717) is 11.2 Å². The fourth-order valence-corrected chi connectivity index (χ4v) is 4.95. The van der Waals surface area contributed by atoms with Crippen molar-refractivity contribution in [2.24, 2.45) is 0 Å². The first-order valence-corrected chi connectivity index (χ1v) is 11.9. The minimum atomic E-state index is 0.162. The van der Waals surface area contributed by atoms with Gasteiger partial charge in [-0.15, -0.1) is 0 Å². The van der Waals surface area contributed by atoms with Crippen molar-refractivity contribution in [1.29, 1.82) is 0 Å². The lowest BCUT2D eigenvalue weighted by molar-refractivity contribution is 0.141. The van der Waals surface area contributed by atoms with E-state index in [0.717, 1.165) is 37.4 Å². The Balaban J connectivity index is 2.02. The van der Waals surface area contributed by atoms with Gasteiger partial charge in [0.1, 0.15) is 0 Å². The Hall–Kier alpha value is -2.31. The highest BCUT2D eigenvalue weighted by Crippen LogP contribution is 2.40. The van der Waals surface area contributed by atoms with Gasteiger partial charge in [-0.2, -0.15) is 0 Å². The first-order valence-electron chi connectivity index (χ1n) is 11.5. The molecule has 0 amide bonds. The summed E-state index contributed by atoms with van der Waals surface area (Å²) in [4.78, 5) is 2.58. The highest BCUT2D eigenvalue weighted by molar-refractivity contribution is 7.80. The number of benzene rings is 2. The van der Waals surface area contributed by atoms with Crippen LogP contribution in [0.4, 0.5) is 0 Å². The van der Waals surface area contributed by atoms with E-state index >= 15 is 0 Å². The van der Waals surface area contributed by atoms with Gasteiger partial charge in [-0.25, -0.2) is 0 Å². The van der Waals surface area contributed by atoms with E-state index in [1.165, 1.54) is 22.3 Å². The van der Waals surface area contributed by atoms with Crippen LogP contribution in [0.1, 0.15) is 55.5 Å². The van der Waals surface area contributed by atoms with Gasteiger partial charge in [0, 0.05) is 25.2 Å². The summed E-state index contributed by atoms with van der Waals surface area (Å²) >= 11 is 5.63. The summed E-state index contributed by atoms with van der Waals surface area (Å²) < 4.78 is 11.3. The molecular weight excluding hydrogens is 418 g/mol. The first kappa shape index (κ1) is 24.3. The molecule has 2 aromatic rings. The predicted molar refractivity (Wildman–Crippen MR) is 136 cm³/mol. The van der Waals surface area contributed by atoms with E-state index in [4.69, 9.17) is 21.7 Å². The third-order valence-corrected chi connectivity index (χ3v) is 6.45. The molecule has 0 bridgehead atoms. The van der Waals surface area contributed by atoms with E-state index in [2.05, 4.69) is 79.6 Å². The second-order valence-corrected chi connectivity index (χ2v) is 9.19. The Morgan fingerprint density at radius 2 is 1.81 bits per heavy atom. The van der Waals surface area contributed by atoms with Crippen molar-refractivity contribution in [3.8, 4) is 11.5 Å². The predicted octanol–water partition coefficient (Wildman–Crippen LogP) is 4.76. The number of aryl methyl sites for hydroxylation is 1. The van der Waals surface area contributed by atoms with Crippen LogP contribution in [0.3, 0.4) is 0 Å². The molecule has 0 saturated heterocycles. The average molecular weight is 456 g/mol. The number of thiocarbonyl (C=S) groups is 1. The van der Waals surface area contributed by atoms with Gasteiger partial charge in [-0.1, -0.05) is 31.2 Å². The summed E-state index contributed by atoms with van der Waals surface area (Å²) in [6.07, 6.45) is 1.92. The second-order valence-electron chi connectivity index (χ2n) is 8.79. The highest BCUT2D eigenvalue weighted by atomic mass is 32.1. The molecule has 0 aliphatic carbocycles. The highest BCUT2D eigenvalue weighted by Gasteiger charge is 2.34. The summed E-state index contributed by atoms with van der Waals surface area (Å²) in [5, 5.41) is 7.66. The topological polar surface area (TPSA) is 45.8 Å². The molecule has 0 fully saturated rings. The quantitative estimate of drug-likeness (QED) is 0.560. The summed E-state index contributed by atoms with van der Waals surface area (Å²) in [6, 6.07) is 13.6. The maximum atomic E-state index is 5.67. The Kier molecular flexibility index (Phi) is 8.38. The maximum absolute atomic E-state index is 5.67. The number of hydrogen-bond donors (Lipinski definition) is 2. The van der Waals surface area contributed by atoms with Crippen molar-refractivity contribution in [3.05, 3.63) is 58.7 Å². The third kappa shape index (κ3) is 5.54. The minimum Gasteiger partial charge on any atom is -0.493 e. The Bertz CT molecular complexity index is 931. The summed E-state index contributed by atoms with van der Waals surface area (Å²) in [6.45, 7) is 10.5. The lowest BCUT2D eigenvalue weighted by atomic mass is 9.86. The van der Waals surface area contributed by atoms with Crippen molar-refractivity contribution in [1.82, 2.24) is 15.5 Å². The molecule has 174 valence electrons. The number of methoxy groups -OCH3 is 2. The Morgan fingerprint density at radius 1 is 1.12 bits per heavy atom. The zero-order valence-electron chi connectivity index (χ0n) is 20.2. The number of hydrogen-bond acceptors (Lipinski definition) is 4. The lowest BCUT2D eigenvalue weighted by Crippen LogP contribution is -2.51. The van der Waals surface area contributed by atoms with E-state index < -0.39 is 0 Å². The van der Waals surface area contributed by atoms with Crippen LogP contribution in [-0.2, 0) is 13.0 Å². The van der Waals surface area contributed by atoms with Gasteiger partial charge in [-0.05, 0) is 80.2 Å². The molecular formula is C26H37N3O2S. The standard InChI is InChI=1S/C26H37N3O2S/c1-7-22(28-26(32)27-17(2)3)25-21-15-24(31-6)23(30-5)14-19(21)12-13-29(25)16-20-11-9-8-10-18(20)4/h8-11,14-15,17,22,25H,7,12-13,16H2,1-6H3,(H2,27,28,32). The van der Waals surface area contributed by atoms with E-state index in [9.17, 15) is 0 Å². The van der Waals surface area contributed by atoms with Crippen molar-refractivity contribution in [2.75, 3.05) is 20.8 Å². The number of ether oxygens (including phenoxy) is 2. The zero-order valence-corrected chi connectivity index (χ0v) is 21.0. The molecule has 0 radical (unpaired) electrons. The smallest absolute Gasteiger partial charge is 0.166 e. The van der Waals surface area contributed by atoms with Crippen LogP contribution in [-0.4, -0.2) is 42.9 Å². The molecule has 2 N–H and O–H groups in total. The number of nitrogens with one attached hydrogen (secondary N) is 2. The van der Waals surface area contributed by atoms with Gasteiger partial charge in [0.25, 0.3) is 0 Å². The lowest BCUT2D eigenvalue weighted by Gasteiger charge is -2.42. The van der Waals surface area contributed by atoms with Gasteiger partial charge in [0.15, 0.2) is 16.6 Å². The van der Waals surface area contributed by atoms with Crippen molar-refractivity contribution in [3.63, 3.8) is 0 Å². The number of rotatable bonds is 8. The molecule has 2 aromatic carbocycles. The van der Waals surface area contributed by atoms with Crippen LogP contribution >= 0.6 is 12.2 Å². The third-order valence-electron chi connectivity index (χ3n) is 6.22. The average Bonchev–Trinajstić information content (AvgIpc) is 2.77. The number of nitrogens with zero attached hydrogens (tertiary/aromatic N) is 1.